The predicted molar refractivity (Wildman–Crippen MR) is 91.4 cm³/mol. The van der Waals surface area contributed by atoms with Gasteiger partial charge < -0.3 is 10.0 Å². The number of benzene rings is 1. The first-order chi connectivity index (χ1) is 11.6. The van der Waals surface area contributed by atoms with E-state index in [4.69, 9.17) is 16.7 Å². The molecule has 2 heterocycles. The van der Waals surface area contributed by atoms with Gasteiger partial charge in [-0.1, -0.05) is 23.7 Å². The van der Waals surface area contributed by atoms with Gasteiger partial charge in [-0.3, -0.25) is 4.79 Å². The van der Waals surface area contributed by atoms with Crippen molar-refractivity contribution in [2.75, 3.05) is 13.1 Å². The average molecular weight is 345 g/mol. The molecule has 1 amide bonds. The molecule has 0 bridgehead atoms. The van der Waals surface area contributed by atoms with Crippen molar-refractivity contribution in [1.82, 2.24) is 9.88 Å². The Labute approximate surface area is 144 Å². The van der Waals surface area contributed by atoms with E-state index in [9.17, 15) is 9.59 Å². The lowest BCUT2D eigenvalue weighted by Crippen LogP contribution is -2.35. The molecule has 1 aliphatic rings. The summed E-state index contributed by atoms with van der Waals surface area (Å²) < 4.78 is 0. The number of aromatic nitrogens is 1. The van der Waals surface area contributed by atoms with Crippen molar-refractivity contribution >= 4 is 23.5 Å². The van der Waals surface area contributed by atoms with Crippen LogP contribution in [0.15, 0.2) is 36.5 Å². The molecule has 0 aliphatic carbocycles. The minimum Gasteiger partial charge on any atom is -0.478 e. The van der Waals surface area contributed by atoms with Crippen molar-refractivity contribution in [2.45, 2.75) is 19.3 Å². The minimum atomic E-state index is -1.12. The van der Waals surface area contributed by atoms with Gasteiger partial charge in [-0.25, -0.2) is 9.78 Å². The van der Waals surface area contributed by atoms with Crippen LogP contribution in [0, 0.1) is 0 Å². The van der Waals surface area contributed by atoms with Crippen LogP contribution in [0.1, 0.15) is 40.0 Å². The van der Waals surface area contributed by atoms with Gasteiger partial charge in [0.05, 0.1) is 5.56 Å². The normalized spacial score (nSPS) is 14.5. The molecule has 24 heavy (non-hydrogen) atoms. The van der Waals surface area contributed by atoms with Crippen molar-refractivity contribution in [3.8, 4) is 11.1 Å². The average Bonchev–Trinajstić information content (AvgIpc) is 2.62. The van der Waals surface area contributed by atoms with Crippen LogP contribution >= 0.6 is 11.6 Å². The summed E-state index contributed by atoms with van der Waals surface area (Å²) in [5, 5.41) is 9.08. The number of carboxylic acids is 1. The van der Waals surface area contributed by atoms with Gasteiger partial charge in [0.1, 0.15) is 5.15 Å². The van der Waals surface area contributed by atoms with Gasteiger partial charge in [-0.15, -0.1) is 0 Å². The van der Waals surface area contributed by atoms with Gasteiger partial charge in [-0.05, 0) is 43.0 Å². The maximum Gasteiger partial charge on any atom is 0.338 e. The number of halogens is 1. The summed E-state index contributed by atoms with van der Waals surface area (Å²) in [6.45, 7) is 1.62. The van der Waals surface area contributed by atoms with E-state index in [1.807, 2.05) is 4.90 Å². The zero-order valence-corrected chi connectivity index (χ0v) is 13.8. The van der Waals surface area contributed by atoms with Crippen LogP contribution in [0.3, 0.4) is 0 Å². The summed E-state index contributed by atoms with van der Waals surface area (Å²) in [7, 11) is 0. The Morgan fingerprint density at radius 1 is 1.04 bits per heavy atom. The third kappa shape index (κ3) is 3.41. The third-order valence-electron chi connectivity index (χ3n) is 4.18. The highest BCUT2D eigenvalue weighted by atomic mass is 35.5. The zero-order valence-electron chi connectivity index (χ0n) is 13.0. The molecule has 1 aliphatic heterocycles. The highest BCUT2D eigenvalue weighted by molar-refractivity contribution is 6.32. The summed E-state index contributed by atoms with van der Waals surface area (Å²) in [6, 6.07) is 8.61. The first-order valence-corrected chi connectivity index (χ1v) is 8.22. The fraction of sp³-hybridized carbons (Fsp3) is 0.278. The van der Waals surface area contributed by atoms with Gasteiger partial charge >= 0.3 is 5.97 Å². The topological polar surface area (TPSA) is 70.5 Å². The number of piperidine rings is 1. The highest BCUT2D eigenvalue weighted by Crippen LogP contribution is 2.24. The second kappa shape index (κ2) is 7.01. The molecule has 0 radical (unpaired) electrons. The number of carboxylic acid groups (broad SMARTS) is 1. The first-order valence-electron chi connectivity index (χ1n) is 7.85. The first kappa shape index (κ1) is 16.5. The van der Waals surface area contributed by atoms with Crippen molar-refractivity contribution in [3.63, 3.8) is 0 Å². The van der Waals surface area contributed by atoms with Crippen LogP contribution in [0.4, 0.5) is 0 Å². The molecule has 2 aromatic rings. The Bertz CT molecular complexity index is 768. The summed E-state index contributed by atoms with van der Waals surface area (Å²) >= 11 is 5.79. The van der Waals surface area contributed by atoms with Crippen LogP contribution in [0.5, 0.6) is 0 Å². The Hall–Kier alpha value is -2.40. The van der Waals surface area contributed by atoms with Gasteiger partial charge in [0, 0.05) is 30.4 Å². The fourth-order valence-corrected chi connectivity index (χ4v) is 3.02. The van der Waals surface area contributed by atoms with E-state index in [0.29, 0.717) is 11.1 Å². The van der Waals surface area contributed by atoms with Gasteiger partial charge in [-0.2, -0.15) is 0 Å². The number of hydrogen-bond donors (Lipinski definition) is 1. The Morgan fingerprint density at radius 2 is 1.71 bits per heavy atom. The van der Waals surface area contributed by atoms with E-state index < -0.39 is 5.97 Å². The van der Waals surface area contributed by atoms with E-state index in [1.54, 1.807) is 24.3 Å². The fourth-order valence-electron chi connectivity index (χ4n) is 2.84. The Morgan fingerprint density at radius 3 is 2.33 bits per heavy atom. The molecule has 1 N–H and O–H groups in total. The molecule has 0 unspecified atom stereocenters. The maximum atomic E-state index is 12.5. The SMILES string of the molecule is O=C(O)c1cc(-c2ccc(C(=O)N3CCCCC3)cc2)cnc1Cl. The number of pyridine rings is 1. The molecule has 1 saturated heterocycles. The number of likely N-dealkylation sites (tertiary alicyclic amines) is 1. The second-order valence-corrected chi connectivity index (χ2v) is 6.16. The summed E-state index contributed by atoms with van der Waals surface area (Å²) in [6.07, 6.45) is 4.81. The van der Waals surface area contributed by atoms with E-state index in [0.717, 1.165) is 31.5 Å². The molecule has 0 atom stereocenters. The van der Waals surface area contributed by atoms with Crippen LogP contribution in [-0.2, 0) is 0 Å². The molecule has 5 nitrogen and oxygen atoms in total. The standard InChI is InChI=1S/C18H17ClN2O3/c19-16-15(18(23)24)10-14(11-20-16)12-4-6-13(7-5-12)17(22)21-8-2-1-3-9-21/h4-7,10-11H,1-3,8-9H2,(H,23,24). The number of carbonyl (C=O) groups is 2. The molecule has 1 aromatic carbocycles. The van der Waals surface area contributed by atoms with Gasteiger partial charge in [0.15, 0.2) is 0 Å². The molecule has 0 saturated carbocycles. The van der Waals surface area contributed by atoms with E-state index in [1.165, 1.54) is 18.7 Å². The van der Waals surface area contributed by atoms with Gasteiger partial charge in [0.2, 0.25) is 0 Å². The summed E-state index contributed by atoms with van der Waals surface area (Å²) in [5.74, 6) is -1.08. The number of aromatic carboxylic acids is 1. The molecule has 3 rings (SSSR count). The Balaban J connectivity index is 1.83. The smallest absolute Gasteiger partial charge is 0.338 e. The van der Waals surface area contributed by atoms with Crippen molar-refractivity contribution in [2.24, 2.45) is 0 Å². The largest absolute Gasteiger partial charge is 0.478 e. The van der Waals surface area contributed by atoms with Crippen molar-refractivity contribution in [3.05, 3.63) is 52.8 Å². The van der Waals surface area contributed by atoms with Crippen LogP contribution in [0.2, 0.25) is 5.15 Å². The quantitative estimate of drug-likeness (QED) is 0.861. The van der Waals surface area contributed by atoms with Crippen molar-refractivity contribution < 1.29 is 14.7 Å². The molecule has 6 heteroatoms. The molecular formula is C18H17ClN2O3. The number of hydrogen-bond acceptors (Lipinski definition) is 3. The predicted octanol–water partition coefficient (Wildman–Crippen LogP) is 3.73. The lowest BCUT2D eigenvalue weighted by molar-refractivity contribution is 0.0694. The lowest BCUT2D eigenvalue weighted by Gasteiger charge is -2.26. The number of nitrogens with zero attached hydrogens (tertiary/aromatic N) is 2. The number of amides is 1. The molecule has 124 valence electrons. The molecule has 1 fully saturated rings. The Kier molecular flexibility index (Phi) is 4.81. The van der Waals surface area contributed by atoms with Crippen LogP contribution in [0.25, 0.3) is 11.1 Å². The van der Waals surface area contributed by atoms with E-state index in [-0.39, 0.29) is 16.6 Å². The molecule has 0 spiro atoms. The van der Waals surface area contributed by atoms with Crippen molar-refractivity contribution in [1.29, 1.82) is 0 Å². The maximum absolute atomic E-state index is 12.5. The monoisotopic (exact) mass is 344 g/mol. The van der Waals surface area contributed by atoms with Crippen LogP contribution in [-0.4, -0.2) is 40.0 Å². The van der Waals surface area contributed by atoms with Crippen LogP contribution < -0.4 is 0 Å². The molecular weight excluding hydrogens is 328 g/mol. The number of rotatable bonds is 3. The summed E-state index contributed by atoms with van der Waals surface area (Å²) in [4.78, 5) is 29.4. The third-order valence-corrected chi connectivity index (χ3v) is 4.48. The van der Waals surface area contributed by atoms with E-state index >= 15 is 0 Å². The molecule has 1 aromatic heterocycles. The lowest BCUT2D eigenvalue weighted by atomic mass is 10.0. The highest BCUT2D eigenvalue weighted by Gasteiger charge is 2.18. The minimum absolute atomic E-state index is 0.0388. The van der Waals surface area contributed by atoms with E-state index in [2.05, 4.69) is 4.98 Å². The number of carbonyl (C=O) groups excluding carboxylic acids is 1. The summed E-state index contributed by atoms with van der Waals surface area (Å²) in [5.41, 5.74) is 2.04. The zero-order chi connectivity index (χ0) is 17.1. The van der Waals surface area contributed by atoms with Gasteiger partial charge in [0.25, 0.3) is 5.91 Å². The second-order valence-electron chi connectivity index (χ2n) is 5.80.